The van der Waals surface area contributed by atoms with Crippen molar-refractivity contribution in [3.05, 3.63) is 20.8 Å². The lowest BCUT2D eigenvalue weighted by Crippen LogP contribution is -2.42. The Kier molecular flexibility index (Phi) is 5.10. The largest absolute Gasteiger partial charge is 0.339 e. The number of aromatic nitrogens is 4. The molecule has 0 N–H and O–H groups in total. The highest BCUT2D eigenvalue weighted by atomic mass is 16.2. The van der Waals surface area contributed by atoms with Crippen LogP contribution in [0, 0.1) is 0 Å². The lowest BCUT2D eigenvalue weighted by molar-refractivity contribution is 0.391. The van der Waals surface area contributed by atoms with Gasteiger partial charge < -0.3 is 9.47 Å². The monoisotopic (exact) mass is 373 g/mol. The van der Waals surface area contributed by atoms with E-state index in [1.54, 1.807) is 11.6 Å². The molecule has 1 saturated carbocycles. The Bertz CT molecular complexity index is 932. The van der Waals surface area contributed by atoms with Crippen LogP contribution in [0.1, 0.15) is 64.7 Å². The minimum absolute atomic E-state index is 0.173. The summed E-state index contributed by atoms with van der Waals surface area (Å²) in [5.41, 5.74) is 0.718. The average molecular weight is 374 g/mol. The molecule has 0 saturated heterocycles. The maximum absolute atomic E-state index is 13.2. The van der Waals surface area contributed by atoms with Crippen LogP contribution < -0.4 is 16.1 Å². The number of anilines is 1. The second-order valence-corrected chi connectivity index (χ2v) is 8.08. The number of aryl methyl sites for hydroxylation is 2. The highest BCUT2D eigenvalue weighted by molar-refractivity contribution is 5.75. The third-order valence-electron chi connectivity index (χ3n) is 6.25. The molecule has 4 rings (SSSR count). The lowest BCUT2D eigenvalue weighted by Gasteiger charge is -2.37. The summed E-state index contributed by atoms with van der Waals surface area (Å²) in [5.74, 6) is 0.890. The van der Waals surface area contributed by atoms with Gasteiger partial charge in [0.05, 0.1) is 0 Å². The fourth-order valence-electron chi connectivity index (χ4n) is 4.75. The van der Waals surface area contributed by atoms with Gasteiger partial charge >= 0.3 is 5.69 Å². The number of hydrogen-bond donors (Lipinski definition) is 0. The normalized spacial score (nSPS) is 18.2. The maximum Gasteiger partial charge on any atom is 0.332 e. The van der Waals surface area contributed by atoms with Gasteiger partial charge in [0.2, 0.25) is 5.95 Å². The summed E-state index contributed by atoms with van der Waals surface area (Å²) in [6.45, 7) is 4.41. The molecule has 2 aliphatic rings. The summed E-state index contributed by atoms with van der Waals surface area (Å²) in [4.78, 5) is 33.1. The molecule has 2 aromatic heterocycles. The zero-order chi connectivity index (χ0) is 19.0. The molecule has 0 aromatic carbocycles. The first-order valence-corrected chi connectivity index (χ1v) is 10.6. The molecular formula is C20H31N5O2. The Hall–Kier alpha value is -2.05. The number of unbranched alkanes of at least 4 members (excludes halogenated alkanes) is 2. The average Bonchev–Trinajstić information content (AvgIpc) is 3.09. The van der Waals surface area contributed by atoms with Crippen molar-refractivity contribution in [1.82, 2.24) is 18.7 Å². The van der Waals surface area contributed by atoms with Crippen molar-refractivity contribution >= 4 is 17.1 Å². The molecule has 0 spiro atoms. The van der Waals surface area contributed by atoms with Crippen molar-refractivity contribution in [2.24, 2.45) is 7.05 Å². The molecule has 27 heavy (non-hydrogen) atoms. The van der Waals surface area contributed by atoms with Crippen molar-refractivity contribution in [3.8, 4) is 0 Å². The van der Waals surface area contributed by atoms with Crippen molar-refractivity contribution in [3.63, 3.8) is 0 Å². The molecule has 0 unspecified atom stereocenters. The van der Waals surface area contributed by atoms with Crippen molar-refractivity contribution < 1.29 is 0 Å². The summed E-state index contributed by atoms with van der Waals surface area (Å²) in [7, 11) is 1.74. The van der Waals surface area contributed by atoms with Gasteiger partial charge in [0, 0.05) is 32.7 Å². The standard InChI is InChI=1S/C20H31N5O2/c1-3-4-8-12-25-18(26)16-17(22(2)20(25)27)21-19-23(13-9-14-24(16)19)15-10-6-5-7-11-15/h15H,3-14H2,1-2H3. The van der Waals surface area contributed by atoms with E-state index in [1.807, 2.05) is 0 Å². The topological polar surface area (TPSA) is 65.1 Å². The first kappa shape index (κ1) is 18.3. The molecule has 0 amide bonds. The third kappa shape index (κ3) is 3.11. The van der Waals surface area contributed by atoms with Crippen LogP contribution >= 0.6 is 0 Å². The number of imidazole rings is 1. The quantitative estimate of drug-likeness (QED) is 0.756. The van der Waals surface area contributed by atoms with Gasteiger partial charge in [0.25, 0.3) is 5.56 Å². The van der Waals surface area contributed by atoms with E-state index in [2.05, 4.69) is 16.4 Å². The predicted molar refractivity (Wildman–Crippen MR) is 108 cm³/mol. The van der Waals surface area contributed by atoms with E-state index in [0.717, 1.165) is 44.7 Å². The first-order valence-electron chi connectivity index (χ1n) is 10.6. The molecular weight excluding hydrogens is 342 g/mol. The third-order valence-corrected chi connectivity index (χ3v) is 6.25. The summed E-state index contributed by atoms with van der Waals surface area (Å²) in [5, 5.41) is 0. The van der Waals surface area contributed by atoms with Gasteiger partial charge in [-0.1, -0.05) is 39.0 Å². The SMILES string of the molecule is CCCCCn1c(=O)c2c(nc3n2CCCN3C2CCCCC2)n(C)c1=O. The van der Waals surface area contributed by atoms with Gasteiger partial charge in [-0.3, -0.25) is 13.9 Å². The second-order valence-electron chi connectivity index (χ2n) is 8.08. The Balaban J connectivity index is 1.82. The smallest absolute Gasteiger partial charge is 0.332 e. The van der Waals surface area contributed by atoms with E-state index >= 15 is 0 Å². The predicted octanol–water partition coefficient (Wildman–Crippen LogP) is 2.63. The first-order chi connectivity index (χ1) is 13.1. The molecule has 1 aliphatic carbocycles. The van der Waals surface area contributed by atoms with Gasteiger partial charge in [-0.15, -0.1) is 0 Å². The number of rotatable bonds is 5. The number of fused-ring (bicyclic) bond motifs is 3. The minimum atomic E-state index is -0.247. The molecule has 3 heterocycles. The molecule has 2 aromatic rings. The number of hydrogen-bond acceptors (Lipinski definition) is 4. The van der Waals surface area contributed by atoms with E-state index < -0.39 is 0 Å². The van der Waals surface area contributed by atoms with Crippen LogP contribution in [0.2, 0.25) is 0 Å². The zero-order valence-electron chi connectivity index (χ0n) is 16.6. The van der Waals surface area contributed by atoms with Crippen LogP contribution in [0.4, 0.5) is 5.95 Å². The summed E-state index contributed by atoms with van der Waals surface area (Å²) >= 11 is 0. The van der Waals surface area contributed by atoms with E-state index in [4.69, 9.17) is 4.98 Å². The Labute approximate surface area is 159 Å². The van der Waals surface area contributed by atoms with Crippen LogP contribution in [-0.4, -0.2) is 31.3 Å². The van der Waals surface area contributed by atoms with Crippen LogP contribution in [0.15, 0.2) is 9.59 Å². The van der Waals surface area contributed by atoms with Crippen LogP contribution in [0.25, 0.3) is 11.2 Å². The van der Waals surface area contributed by atoms with Gasteiger partial charge in [-0.25, -0.2) is 4.79 Å². The molecule has 0 radical (unpaired) electrons. The number of nitrogens with zero attached hydrogens (tertiary/aromatic N) is 5. The molecule has 1 aliphatic heterocycles. The minimum Gasteiger partial charge on any atom is -0.339 e. The second kappa shape index (κ2) is 7.52. The maximum atomic E-state index is 13.2. The highest BCUT2D eigenvalue weighted by Crippen LogP contribution is 2.31. The highest BCUT2D eigenvalue weighted by Gasteiger charge is 2.30. The van der Waals surface area contributed by atoms with Crippen LogP contribution in [0.3, 0.4) is 0 Å². The molecule has 0 bridgehead atoms. The fourth-order valence-corrected chi connectivity index (χ4v) is 4.75. The summed E-state index contributed by atoms with van der Waals surface area (Å²) < 4.78 is 5.05. The van der Waals surface area contributed by atoms with Gasteiger partial charge in [0.1, 0.15) is 0 Å². The van der Waals surface area contributed by atoms with E-state index in [1.165, 1.54) is 36.7 Å². The summed E-state index contributed by atoms with van der Waals surface area (Å²) in [6.07, 6.45) is 10.2. The lowest BCUT2D eigenvalue weighted by atomic mass is 9.94. The molecule has 7 nitrogen and oxygen atoms in total. The fraction of sp³-hybridized carbons (Fsp3) is 0.750. The van der Waals surface area contributed by atoms with Crippen LogP contribution in [-0.2, 0) is 20.1 Å². The van der Waals surface area contributed by atoms with Crippen molar-refractivity contribution in [2.45, 2.75) is 83.8 Å². The van der Waals surface area contributed by atoms with Crippen molar-refractivity contribution in [2.75, 3.05) is 11.4 Å². The Morgan fingerprint density at radius 1 is 1.04 bits per heavy atom. The van der Waals surface area contributed by atoms with Gasteiger partial charge in [-0.05, 0) is 25.7 Å². The Morgan fingerprint density at radius 2 is 1.81 bits per heavy atom. The van der Waals surface area contributed by atoms with E-state index in [0.29, 0.717) is 23.8 Å². The summed E-state index contributed by atoms with van der Waals surface area (Å²) in [6, 6.07) is 0.512. The molecule has 0 atom stereocenters. The van der Waals surface area contributed by atoms with E-state index in [9.17, 15) is 9.59 Å². The van der Waals surface area contributed by atoms with E-state index in [-0.39, 0.29) is 11.2 Å². The zero-order valence-corrected chi connectivity index (χ0v) is 16.6. The Morgan fingerprint density at radius 3 is 2.56 bits per heavy atom. The van der Waals surface area contributed by atoms with Crippen molar-refractivity contribution in [1.29, 1.82) is 0 Å². The van der Waals surface area contributed by atoms with Crippen LogP contribution in [0.5, 0.6) is 0 Å². The van der Waals surface area contributed by atoms with Gasteiger partial charge in [0.15, 0.2) is 11.2 Å². The molecule has 1 fully saturated rings. The molecule has 148 valence electrons. The van der Waals surface area contributed by atoms with Gasteiger partial charge in [-0.2, -0.15) is 4.98 Å². The molecule has 7 heteroatoms.